The lowest BCUT2D eigenvalue weighted by Gasteiger charge is -2.17. The Bertz CT molecular complexity index is 589. The molecule has 19 heavy (non-hydrogen) atoms. The monoisotopic (exact) mass is 389 g/mol. The first-order valence-corrected chi connectivity index (χ1v) is 7.22. The summed E-state index contributed by atoms with van der Waals surface area (Å²) in [7, 11) is 0. The molecule has 2 amide bonds. The van der Waals surface area contributed by atoms with Crippen LogP contribution in [0.5, 0.6) is 0 Å². The van der Waals surface area contributed by atoms with Gasteiger partial charge < -0.3 is 0 Å². The van der Waals surface area contributed by atoms with Crippen LogP contribution in [0.4, 0.5) is 5.69 Å². The molecule has 1 spiro atoms. The summed E-state index contributed by atoms with van der Waals surface area (Å²) in [5.41, 5.74) is -1.03. The number of hydrogen-bond acceptors (Lipinski definition) is 4. The fourth-order valence-corrected chi connectivity index (χ4v) is 3.01. The van der Waals surface area contributed by atoms with E-state index < -0.39 is 11.0 Å². The summed E-state index contributed by atoms with van der Waals surface area (Å²) in [6.07, 6.45) is 0.338. The third-order valence-electron chi connectivity index (χ3n) is 3.26. The minimum atomic E-state index is -1.08. The summed E-state index contributed by atoms with van der Waals surface area (Å²) in [5, 5.41) is 7.74. The van der Waals surface area contributed by atoms with Crippen molar-refractivity contribution in [3.63, 3.8) is 0 Å². The van der Waals surface area contributed by atoms with Crippen LogP contribution in [-0.4, -0.2) is 22.9 Å². The topological polar surface area (TPSA) is 62.1 Å². The molecule has 2 unspecified atom stereocenters. The SMILES string of the molecule is O=C1CC2(CC(Cl)N=N2)C(=O)N1c1ccc(I)cc1. The van der Waals surface area contributed by atoms with Crippen LogP contribution >= 0.6 is 34.2 Å². The highest BCUT2D eigenvalue weighted by Crippen LogP contribution is 2.40. The Balaban J connectivity index is 1.96. The van der Waals surface area contributed by atoms with E-state index in [0.717, 1.165) is 3.57 Å². The van der Waals surface area contributed by atoms with Gasteiger partial charge >= 0.3 is 0 Å². The highest BCUT2D eigenvalue weighted by atomic mass is 127. The van der Waals surface area contributed by atoms with Crippen molar-refractivity contribution >= 4 is 51.7 Å². The van der Waals surface area contributed by atoms with Gasteiger partial charge in [0, 0.05) is 9.99 Å². The molecule has 0 bridgehead atoms. The number of anilines is 1. The Labute approximate surface area is 128 Å². The van der Waals surface area contributed by atoms with Gasteiger partial charge in [0.2, 0.25) is 5.91 Å². The first-order chi connectivity index (χ1) is 9.02. The fraction of sp³-hybridized carbons (Fsp3) is 0.333. The van der Waals surface area contributed by atoms with Crippen molar-refractivity contribution in [1.29, 1.82) is 0 Å². The second-order valence-corrected chi connectivity index (χ2v) is 6.32. The van der Waals surface area contributed by atoms with Gasteiger partial charge in [0.05, 0.1) is 12.1 Å². The van der Waals surface area contributed by atoms with E-state index in [9.17, 15) is 9.59 Å². The second-order valence-electron chi connectivity index (χ2n) is 4.57. The number of carbonyl (C=O) groups excluding carboxylic acids is 2. The van der Waals surface area contributed by atoms with Gasteiger partial charge in [0.1, 0.15) is 5.50 Å². The normalized spacial score (nSPS) is 29.8. The number of amides is 2. The molecule has 7 heteroatoms. The van der Waals surface area contributed by atoms with Gasteiger partial charge in [-0.1, -0.05) is 11.6 Å². The van der Waals surface area contributed by atoms with Crippen LogP contribution in [0.15, 0.2) is 34.5 Å². The molecule has 2 aliphatic heterocycles. The predicted molar refractivity (Wildman–Crippen MR) is 78.1 cm³/mol. The summed E-state index contributed by atoms with van der Waals surface area (Å²) in [6.45, 7) is 0. The van der Waals surface area contributed by atoms with E-state index in [1.54, 1.807) is 12.1 Å². The summed E-state index contributed by atoms with van der Waals surface area (Å²) in [4.78, 5) is 25.7. The van der Waals surface area contributed by atoms with E-state index in [2.05, 4.69) is 32.8 Å². The highest BCUT2D eigenvalue weighted by molar-refractivity contribution is 14.1. The molecule has 5 nitrogen and oxygen atoms in total. The van der Waals surface area contributed by atoms with Gasteiger partial charge in [-0.2, -0.15) is 10.2 Å². The van der Waals surface area contributed by atoms with Crippen molar-refractivity contribution in [2.24, 2.45) is 10.2 Å². The van der Waals surface area contributed by atoms with Crippen LogP contribution in [0.1, 0.15) is 12.8 Å². The third-order valence-corrected chi connectivity index (χ3v) is 4.22. The Kier molecular flexibility index (Phi) is 3.09. The summed E-state index contributed by atoms with van der Waals surface area (Å²) in [6, 6.07) is 7.20. The summed E-state index contributed by atoms with van der Waals surface area (Å²) in [5.74, 6) is -0.582. The van der Waals surface area contributed by atoms with Crippen LogP contribution in [0.2, 0.25) is 0 Å². The van der Waals surface area contributed by atoms with Crippen LogP contribution < -0.4 is 4.90 Å². The molecule has 0 N–H and O–H groups in total. The summed E-state index contributed by atoms with van der Waals surface area (Å²) >= 11 is 8.03. The van der Waals surface area contributed by atoms with Crippen molar-refractivity contribution in [2.45, 2.75) is 23.9 Å². The Morgan fingerprint density at radius 3 is 2.58 bits per heavy atom. The van der Waals surface area contributed by atoms with Crippen LogP contribution in [0.3, 0.4) is 0 Å². The average molecular weight is 390 g/mol. The maximum atomic E-state index is 12.5. The number of azo groups is 1. The molecule has 3 rings (SSSR count). The lowest BCUT2D eigenvalue weighted by Crippen LogP contribution is -2.38. The van der Waals surface area contributed by atoms with Gasteiger partial charge in [-0.25, -0.2) is 4.90 Å². The van der Waals surface area contributed by atoms with Crippen molar-refractivity contribution in [1.82, 2.24) is 0 Å². The summed E-state index contributed by atoms with van der Waals surface area (Å²) < 4.78 is 1.04. The molecule has 0 aromatic heterocycles. The van der Waals surface area contributed by atoms with Crippen LogP contribution in [-0.2, 0) is 9.59 Å². The van der Waals surface area contributed by atoms with Crippen molar-refractivity contribution in [3.05, 3.63) is 27.8 Å². The predicted octanol–water partition coefficient (Wildman–Crippen LogP) is 2.71. The standard InChI is InChI=1S/C12H9ClIN3O2/c13-9-5-12(16-15-9)6-10(18)17(11(12)19)8-3-1-7(14)2-4-8/h1-4,9H,5-6H2. The van der Waals surface area contributed by atoms with Crippen LogP contribution in [0, 0.1) is 3.57 Å². The number of hydrogen-bond donors (Lipinski definition) is 0. The van der Waals surface area contributed by atoms with E-state index in [0.29, 0.717) is 12.1 Å². The minimum Gasteiger partial charge on any atom is -0.274 e. The number of alkyl halides is 1. The molecule has 1 aromatic carbocycles. The zero-order chi connectivity index (χ0) is 13.6. The molecule has 2 heterocycles. The third kappa shape index (κ3) is 2.06. The van der Waals surface area contributed by atoms with Gasteiger partial charge in [-0.3, -0.25) is 9.59 Å². The van der Waals surface area contributed by atoms with Gasteiger partial charge in [0.15, 0.2) is 5.54 Å². The molecule has 1 aromatic rings. The van der Waals surface area contributed by atoms with E-state index in [4.69, 9.17) is 11.6 Å². The van der Waals surface area contributed by atoms with Gasteiger partial charge in [0.25, 0.3) is 5.91 Å². The maximum absolute atomic E-state index is 12.5. The van der Waals surface area contributed by atoms with E-state index >= 15 is 0 Å². The number of imide groups is 1. The lowest BCUT2D eigenvalue weighted by molar-refractivity contribution is -0.122. The number of carbonyl (C=O) groups is 2. The number of rotatable bonds is 1. The molecule has 2 aliphatic rings. The Morgan fingerprint density at radius 1 is 1.32 bits per heavy atom. The smallest absolute Gasteiger partial charge is 0.264 e. The molecule has 1 fully saturated rings. The fourth-order valence-electron chi connectivity index (χ4n) is 2.35. The maximum Gasteiger partial charge on any atom is 0.264 e. The van der Waals surface area contributed by atoms with Crippen molar-refractivity contribution in [3.8, 4) is 0 Å². The zero-order valence-corrected chi connectivity index (χ0v) is 12.6. The molecule has 2 atom stereocenters. The molecule has 0 aliphatic carbocycles. The van der Waals surface area contributed by atoms with Gasteiger partial charge in [-0.05, 0) is 46.9 Å². The van der Waals surface area contributed by atoms with Crippen molar-refractivity contribution < 1.29 is 9.59 Å². The number of benzene rings is 1. The van der Waals surface area contributed by atoms with E-state index in [1.165, 1.54) is 4.90 Å². The average Bonchev–Trinajstić information content (AvgIpc) is 2.84. The molecule has 0 saturated carbocycles. The van der Waals surface area contributed by atoms with Crippen LogP contribution in [0.25, 0.3) is 0 Å². The zero-order valence-electron chi connectivity index (χ0n) is 9.72. The quantitative estimate of drug-likeness (QED) is 0.321. The van der Waals surface area contributed by atoms with Crippen molar-refractivity contribution in [2.75, 3.05) is 4.90 Å². The largest absolute Gasteiger partial charge is 0.274 e. The second kappa shape index (κ2) is 4.52. The Hall–Kier alpha value is -1.02. The Morgan fingerprint density at radius 2 is 2.00 bits per heavy atom. The lowest BCUT2D eigenvalue weighted by atomic mass is 9.95. The molecule has 0 radical (unpaired) electrons. The first-order valence-electron chi connectivity index (χ1n) is 5.71. The molecule has 1 saturated heterocycles. The molecular formula is C12H9ClIN3O2. The molecular weight excluding hydrogens is 381 g/mol. The van der Waals surface area contributed by atoms with E-state index in [-0.39, 0.29) is 18.2 Å². The number of nitrogens with zero attached hydrogens (tertiary/aromatic N) is 3. The first kappa shape index (κ1) is 13.0. The highest BCUT2D eigenvalue weighted by Gasteiger charge is 2.55. The van der Waals surface area contributed by atoms with E-state index in [1.807, 2.05) is 12.1 Å². The number of halogens is 2. The van der Waals surface area contributed by atoms with Gasteiger partial charge in [-0.15, -0.1) is 0 Å². The molecule has 98 valence electrons. The minimum absolute atomic E-state index is 0.0462.